The van der Waals surface area contributed by atoms with Crippen LogP contribution in [0, 0.1) is 5.39 Å². The van der Waals surface area contributed by atoms with E-state index in [1.54, 1.807) is 0 Å². The van der Waals surface area contributed by atoms with Crippen molar-refractivity contribution in [1.82, 2.24) is 0 Å². The van der Waals surface area contributed by atoms with E-state index >= 15 is 0 Å². The maximum Gasteiger partial charge on any atom is 0.426 e. The van der Waals surface area contributed by atoms with Gasteiger partial charge in [0.05, 0.1) is 12.7 Å². The van der Waals surface area contributed by atoms with Crippen LogP contribution in [0.4, 0.5) is 5.69 Å². The van der Waals surface area contributed by atoms with Gasteiger partial charge in [0.15, 0.2) is 4.98 Å². The molecule has 0 aliphatic heterocycles. The third-order valence-corrected chi connectivity index (χ3v) is 2.93. The molecule has 0 amide bonds. The van der Waals surface area contributed by atoms with Crippen LogP contribution in [-0.2, 0) is 4.74 Å². The fourth-order valence-corrected chi connectivity index (χ4v) is 1.84. The van der Waals surface area contributed by atoms with E-state index in [0.29, 0.717) is 11.3 Å². The molecular weight excluding hydrogens is 280 g/mol. The van der Waals surface area contributed by atoms with Gasteiger partial charge in [-0.05, 0) is 17.7 Å². The molecule has 0 N–H and O–H groups in total. The smallest absolute Gasteiger partial charge is 0.426 e. The Morgan fingerprint density at radius 1 is 1.23 bits per heavy atom. The van der Waals surface area contributed by atoms with Crippen molar-refractivity contribution in [2.75, 3.05) is 13.7 Å². The topological polar surface area (TPSA) is 63.7 Å². The van der Waals surface area contributed by atoms with Gasteiger partial charge in [0.25, 0.3) is 0 Å². The molecule has 0 unspecified atom stereocenters. The van der Waals surface area contributed by atoms with Crippen LogP contribution < -0.4 is 4.74 Å². The van der Waals surface area contributed by atoms with Gasteiger partial charge in [0.1, 0.15) is 6.61 Å². The Hall–Kier alpha value is -3.13. The molecule has 0 radical (unpaired) electrons. The second-order valence-corrected chi connectivity index (χ2v) is 4.40. The van der Waals surface area contributed by atoms with E-state index in [1.165, 1.54) is 25.3 Å². The van der Waals surface area contributed by atoms with Crippen molar-refractivity contribution >= 4 is 17.7 Å². The van der Waals surface area contributed by atoms with Gasteiger partial charge >= 0.3 is 11.7 Å². The normalized spacial score (nSPS) is 10.2. The Kier molecular flexibility index (Phi) is 5.27. The van der Waals surface area contributed by atoms with Gasteiger partial charge in [0.2, 0.25) is 11.1 Å². The van der Waals surface area contributed by atoms with Crippen LogP contribution in [0.25, 0.3) is 11.1 Å². The molecule has 22 heavy (non-hydrogen) atoms. The molecular formula is C17H15N2O3+. The highest BCUT2D eigenvalue weighted by atomic mass is 16.5. The lowest BCUT2D eigenvalue weighted by atomic mass is 10.2. The lowest BCUT2D eigenvalue weighted by Crippen LogP contribution is -2.02. The maximum atomic E-state index is 11.5. The second kappa shape index (κ2) is 7.60. The number of esters is 1. The van der Waals surface area contributed by atoms with Crippen LogP contribution in [0.1, 0.15) is 15.9 Å². The minimum atomic E-state index is -0.478. The van der Waals surface area contributed by atoms with Gasteiger partial charge < -0.3 is 9.47 Å². The molecule has 2 aromatic rings. The summed E-state index contributed by atoms with van der Waals surface area (Å²) in [4.78, 5) is 14.6. The standard InChI is InChI=1S/C17H15N2O3/c1-21-17(20)14-9-10-15(19-18)16(12-14)22-11-5-8-13-6-3-2-4-7-13/h2-10,12H,11H2,1H3/q+1/b8-5+. The number of ether oxygens (including phenoxy) is 2. The Bertz CT molecular complexity index is 718. The predicted molar refractivity (Wildman–Crippen MR) is 83.5 cm³/mol. The largest absolute Gasteiger partial charge is 0.482 e. The van der Waals surface area contributed by atoms with E-state index in [0.717, 1.165) is 5.56 Å². The molecule has 0 heterocycles. The van der Waals surface area contributed by atoms with Gasteiger partial charge in [-0.15, -0.1) is 0 Å². The molecule has 0 aromatic heterocycles. The summed E-state index contributed by atoms with van der Waals surface area (Å²) in [6, 6.07) is 14.3. The van der Waals surface area contributed by atoms with Crippen LogP contribution in [0.15, 0.2) is 54.6 Å². The summed E-state index contributed by atoms with van der Waals surface area (Å²) >= 11 is 0. The summed E-state index contributed by atoms with van der Waals surface area (Å²) < 4.78 is 10.2. The molecule has 0 spiro atoms. The number of hydrogen-bond acceptors (Lipinski definition) is 4. The highest BCUT2D eigenvalue weighted by Crippen LogP contribution is 2.29. The SMILES string of the molecule is COC(=O)c1ccc([N+]#N)c(OC/C=C/c2ccccc2)c1. The van der Waals surface area contributed by atoms with Crippen LogP contribution in [0.3, 0.4) is 0 Å². The van der Waals surface area contributed by atoms with Crippen molar-refractivity contribution < 1.29 is 14.3 Å². The summed E-state index contributed by atoms with van der Waals surface area (Å²) in [6.45, 7) is 0.280. The van der Waals surface area contributed by atoms with Gasteiger partial charge in [-0.2, -0.15) is 0 Å². The Balaban J connectivity index is 2.07. The Morgan fingerprint density at radius 2 is 2.00 bits per heavy atom. The van der Waals surface area contributed by atoms with Gasteiger partial charge in [-0.3, -0.25) is 0 Å². The summed E-state index contributed by atoms with van der Waals surface area (Å²) in [6.07, 6.45) is 3.75. The molecule has 0 fully saturated rings. The number of hydrogen-bond donors (Lipinski definition) is 0. The third kappa shape index (κ3) is 3.93. The number of benzene rings is 2. The molecule has 0 saturated carbocycles. The van der Waals surface area contributed by atoms with E-state index in [-0.39, 0.29) is 12.3 Å². The monoisotopic (exact) mass is 295 g/mol. The molecule has 0 saturated heterocycles. The van der Waals surface area contributed by atoms with Crippen LogP contribution in [0.5, 0.6) is 5.75 Å². The first-order chi connectivity index (χ1) is 10.7. The highest BCUT2D eigenvalue weighted by Gasteiger charge is 2.18. The molecule has 5 nitrogen and oxygen atoms in total. The van der Waals surface area contributed by atoms with Crippen molar-refractivity contribution in [3.8, 4) is 5.75 Å². The number of methoxy groups -OCH3 is 1. The quantitative estimate of drug-likeness (QED) is 0.616. The lowest BCUT2D eigenvalue weighted by Gasteiger charge is -2.03. The summed E-state index contributed by atoms with van der Waals surface area (Å²) in [5.74, 6) is -0.169. The lowest BCUT2D eigenvalue weighted by molar-refractivity contribution is 0.0600. The van der Waals surface area contributed by atoms with Crippen LogP contribution in [0.2, 0.25) is 0 Å². The van der Waals surface area contributed by atoms with E-state index in [9.17, 15) is 4.79 Å². The van der Waals surface area contributed by atoms with E-state index < -0.39 is 5.97 Å². The highest BCUT2D eigenvalue weighted by molar-refractivity contribution is 5.90. The summed E-state index contributed by atoms with van der Waals surface area (Å²) in [5, 5.41) is 8.95. The Labute approximate surface area is 128 Å². The number of rotatable bonds is 5. The first-order valence-electron chi connectivity index (χ1n) is 6.66. The maximum absolute atomic E-state index is 11.5. The molecule has 2 aromatic carbocycles. The average molecular weight is 295 g/mol. The van der Waals surface area contributed by atoms with Crippen LogP contribution in [-0.4, -0.2) is 19.7 Å². The zero-order chi connectivity index (χ0) is 15.8. The third-order valence-electron chi connectivity index (χ3n) is 2.93. The predicted octanol–water partition coefficient (Wildman–Crippen LogP) is 4.05. The fraction of sp³-hybridized carbons (Fsp3) is 0.118. The minimum absolute atomic E-state index is 0.251. The van der Waals surface area contributed by atoms with Crippen LogP contribution >= 0.6 is 0 Å². The molecule has 5 heteroatoms. The van der Waals surface area contributed by atoms with Crippen molar-refractivity contribution in [2.24, 2.45) is 0 Å². The van der Waals surface area contributed by atoms with Crippen molar-refractivity contribution in [3.05, 3.63) is 70.7 Å². The minimum Gasteiger partial charge on any atom is -0.482 e. The first kappa shape index (κ1) is 15.3. The van der Waals surface area contributed by atoms with Crippen molar-refractivity contribution in [2.45, 2.75) is 0 Å². The average Bonchev–Trinajstić information content (AvgIpc) is 2.58. The van der Waals surface area contributed by atoms with Gasteiger partial charge in [0, 0.05) is 12.1 Å². The molecule has 2 rings (SSSR count). The van der Waals surface area contributed by atoms with Gasteiger partial charge in [-0.1, -0.05) is 36.4 Å². The zero-order valence-corrected chi connectivity index (χ0v) is 12.1. The molecule has 0 aliphatic rings. The molecule has 0 aliphatic carbocycles. The second-order valence-electron chi connectivity index (χ2n) is 4.40. The fourth-order valence-electron chi connectivity index (χ4n) is 1.84. The molecule has 0 atom stereocenters. The number of carbonyl (C=O) groups is 1. The molecule has 0 bridgehead atoms. The first-order valence-corrected chi connectivity index (χ1v) is 6.66. The Morgan fingerprint density at radius 3 is 2.68 bits per heavy atom. The number of diazo groups is 1. The summed E-state index contributed by atoms with van der Waals surface area (Å²) in [7, 11) is 1.30. The van der Waals surface area contributed by atoms with E-state index in [4.69, 9.17) is 10.1 Å². The van der Waals surface area contributed by atoms with E-state index in [2.05, 4.69) is 9.71 Å². The van der Waals surface area contributed by atoms with E-state index in [1.807, 2.05) is 42.5 Å². The molecule has 110 valence electrons. The van der Waals surface area contributed by atoms with Crippen molar-refractivity contribution in [1.29, 1.82) is 5.39 Å². The van der Waals surface area contributed by atoms with Crippen molar-refractivity contribution in [3.63, 3.8) is 0 Å². The summed E-state index contributed by atoms with van der Waals surface area (Å²) in [5.41, 5.74) is 1.64. The van der Waals surface area contributed by atoms with Gasteiger partial charge in [-0.25, -0.2) is 4.79 Å². The number of carbonyl (C=O) groups excluding carboxylic acids is 1. The zero-order valence-electron chi connectivity index (χ0n) is 12.1. The number of nitrogens with zero attached hydrogens (tertiary/aromatic N) is 2.